The lowest BCUT2D eigenvalue weighted by molar-refractivity contribution is -0.137. The van der Waals surface area contributed by atoms with Gasteiger partial charge >= 0.3 is 5.97 Å². The third kappa shape index (κ3) is 3.62. The Morgan fingerprint density at radius 1 is 1.48 bits per heavy atom. The van der Waals surface area contributed by atoms with Gasteiger partial charge in [-0.2, -0.15) is 4.31 Å². The van der Waals surface area contributed by atoms with Crippen LogP contribution < -0.4 is 0 Å². The van der Waals surface area contributed by atoms with Gasteiger partial charge in [0.25, 0.3) is 10.0 Å². The molecule has 118 valence electrons. The number of sulfonamides is 1. The van der Waals surface area contributed by atoms with E-state index in [1.165, 1.54) is 6.07 Å². The van der Waals surface area contributed by atoms with Crippen LogP contribution in [0.15, 0.2) is 16.3 Å². The van der Waals surface area contributed by atoms with Gasteiger partial charge < -0.3 is 5.11 Å². The molecule has 1 aromatic rings. The van der Waals surface area contributed by atoms with Crippen molar-refractivity contribution in [2.45, 2.75) is 23.6 Å². The quantitative estimate of drug-likeness (QED) is 0.816. The van der Waals surface area contributed by atoms with Crippen molar-refractivity contribution in [2.75, 3.05) is 18.1 Å². The van der Waals surface area contributed by atoms with E-state index in [1.807, 2.05) is 0 Å². The molecule has 0 amide bonds. The molecule has 1 atom stereocenters. The highest BCUT2D eigenvalue weighted by atomic mass is 32.2. The van der Waals surface area contributed by atoms with E-state index in [-0.39, 0.29) is 22.1 Å². The van der Waals surface area contributed by atoms with Crippen LogP contribution in [0.5, 0.6) is 0 Å². The largest absolute Gasteiger partial charge is 0.480 e. The van der Waals surface area contributed by atoms with Gasteiger partial charge in [0.2, 0.25) is 0 Å². The minimum atomic E-state index is -4.00. The zero-order valence-electron chi connectivity index (χ0n) is 11.2. The fourth-order valence-corrected chi connectivity index (χ4v) is 7.05. The minimum absolute atomic E-state index is 0.0329. The average Bonchev–Trinajstić information content (AvgIpc) is 2.92. The number of carboxylic acid groups (broad SMARTS) is 1. The number of thiophene rings is 1. The van der Waals surface area contributed by atoms with Gasteiger partial charge in [-0.15, -0.1) is 11.3 Å². The van der Waals surface area contributed by atoms with Gasteiger partial charge in [0, 0.05) is 10.9 Å². The van der Waals surface area contributed by atoms with Crippen LogP contribution in [0.3, 0.4) is 0 Å². The number of nitrogens with zero attached hydrogens (tertiary/aromatic N) is 1. The van der Waals surface area contributed by atoms with Crippen LogP contribution in [0.1, 0.15) is 11.3 Å². The molecule has 1 saturated heterocycles. The van der Waals surface area contributed by atoms with Crippen molar-refractivity contribution in [3.8, 4) is 0 Å². The zero-order chi connectivity index (χ0) is 15.8. The maximum absolute atomic E-state index is 12.6. The lowest BCUT2D eigenvalue weighted by atomic mass is 10.2. The highest BCUT2D eigenvalue weighted by Crippen LogP contribution is 2.28. The smallest absolute Gasteiger partial charge is 0.318 e. The van der Waals surface area contributed by atoms with Crippen molar-refractivity contribution in [3.05, 3.63) is 17.0 Å². The molecule has 21 heavy (non-hydrogen) atoms. The second-order valence-electron chi connectivity index (χ2n) is 4.87. The summed E-state index contributed by atoms with van der Waals surface area (Å²) in [5.41, 5.74) is 0. The van der Waals surface area contributed by atoms with E-state index >= 15 is 0 Å². The zero-order valence-corrected chi connectivity index (χ0v) is 13.7. The van der Waals surface area contributed by atoms with Gasteiger partial charge in [0.15, 0.2) is 9.84 Å². The maximum atomic E-state index is 12.6. The van der Waals surface area contributed by atoms with Gasteiger partial charge in [-0.05, 0) is 25.5 Å². The van der Waals surface area contributed by atoms with Gasteiger partial charge in [-0.1, -0.05) is 0 Å². The van der Waals surface area contributed by atoms with Gasteiger partial charge in [-0.25, -0.2) is 16.8 Å². The van der Waals surface area contributed by atoms with E-state index in [0.717, 1.165) is 20.5 Å². The van der Waals surface area contributed by atoms with Crippen molar-refractivity contribution in [3.63, 3.8) is 0 Å². The van der Waals surface area contributed by atoms with Gasteiger partial charge in [0.1, 0.15) is 10.8 Å². The van der Waals surface area contributed by atoms with Gasteiger partial charge in [-0.3, -0.25) is 4.79 Å². The predicted octanol–water partition coefficient (Wildman–Crippen LogP) is 0.319. The lowest BCUT2D eigenvalue weighted by Gasteiger charge is -2.24. The Kier molecular flexibility index (Phi) is 4.43. The summed E-state index contributed by atoms with van der Waals surface area (Å²) in [6.45, 7) is 1.00. The Labute approximate surface area is 127 Å². The summed E-state index contributed by atoms with van der Waals surface area (Å²) in [5.74, 6) is -1.76. The molecule has 1 unspecified atom stereocenters. The summed E-state index contributed by atoms with van der Waals surface area (Å²) >= 11 is 1.04. The Balaban J connectivity index is 2.38. The Bertz CT molecular complexity index is 749. The predicted molar refractivity (Wildman–Crippen MR) is 77.6 cm³/mol. The molecule has 1 fully saturated rings. The topological polar surface area (TPSA) is 109 Å². The number of hydrogen-bond acceptors (Lipinski definition) is 6. The summed E-state index contributed by atoms with van der Waals surface area (Å²) in [4.78, 5) is 11.7. The van der Waals surface area contributed by atoms with E-state index in [0.29, 0.717) is 0 Å². The number of carbonyl (C=O) groups is 1. The summed E-state index contributed by atoms with van der Waals surface area (Å²) in [6.07, 6.45) is 0.124. The first kappa shape index (κ1) is 16.4. The average molecular weight is 353 g/mol. The number of sulfone groups is 1. The molecular weight excluding hydrogens is 338 g/mol. The fourth-order valence-electron chi connectivity index (χ4n) is 2.21. The maximum Gasteiger partial charge on any atom is 0.318 e. The summed E-state index contributed by atoms with van der Waals surface area (Å²) in [6, 6.07) is 2.22. The molecule has 0 radical (unpaired) electrons. The Hall–Kier alpha value is -0.970. The molecule has 2 rings (SSSR count). The molecule has 1 N–H and O–H groups in total. The van der Waals surface area contributed by atoms with Crippen molar-refractivity contribution >= 4 is 37.2 Å². The number of rotatable bonds is 5. The molecule has 0 saturated carbocycles. The first-order chi connectivity index (χ1) is 9.62. The standard InChI is InChI=1S/C11H15NO6S3/c1-8-2-3-11(19-8)21(17,18)12(6-10(13)14)9-4-5-20(15,16)7-9/h2-3,9H,4-7H2,1H3,(H,13,14). The van der Waals surface area contributed by atoms with Crippen LogP contribution >= 0.6 is 11.3 Å². The summed E-state index contributed by atoms with van der Waals surface area (Å²) in [7, 11) is -7.31. The second kappa shape index (κ2) is 5.67. The highest BCUT2D eigenvalue weighted by Gasteiger charge is 2.40. The molecule has 0 spiro atoms. The Morgan fingerprint density at radius 3 is 2.57 bits per heavy atom. The Morgan fingerprint density at radius 2 is 2.14 bits per heavy atom. The number of aryl methyl sites for hydroxylation is 1. The fraction of sp³-hybridized carbons (Fsp3) is 0.545. The van der Waals surface area contributed by atoms with Crippen LogP contribution in [0, 0.1) is 6.92 Å². The van der Waals surface area contributed by atoms with E-state index in [4.69, 9.17) is 5.11 Å². The van der Waals surface area contributed by atoms with Crippen molar-refractivity contribution in [2.24, 2.45) is 0 Å². The van der Waals surface area contributed by atoms with Crippen molar-refractivity contribution < 1.29 is 26.7 Å². The SMILES string of the molecule is Cc1ccc(S(=O)(=O)N(CC(=O)O)C2CCS(=O)(=O)C2)s1. The summed E-state index contributed by atoms with van der Waals surface area (Å²) in [5, 5.41) is 8.94. The molecule has 0 aromatic carbocycles. The molecule has 0 aliphatic carbocycles. The van der Waals surface area contributed by atoms with Crippen LogP contribution in [-0.2, 0) is 24.7 Å². The number of carboxylic acids is 1. The monoisotopic (exact) mass is 353 g/mol. The molecule has 1 aliphatic heterocycles. The van der Waals surface area contributed by atoms with Gasteiger partial charge in [0.05, 0.1) is 11.5 Å². The molecule has 1 aliphatic rings. The first-order valence-electron chi connectivity index (χ1n) is 6.12. The minimum Gasteiger partial charge on any atom is -0.480 e. The van der Waals surface area contributed by atoms with Crippen molar-refractivity contribution in [1.82, 2.24) is 4.31 Å². The van der Waals surface area contributed by atoms with Crippen LogP contribution in [0.4, 0.5) is 0 Å². The van der Waals surface area contributed by atoms with Crippen molar-refractivity contribution in [1.29, 1.82) is 0 Å². The summed E-state index contributed by atoms with van der Waals surface area (Å²) < 4.78 is 49.0. The molecule has 2 heterocycles. The third-order valence-corrected chi connectivity index (χ3v) is 8.30. The number of aliphatic carboxylic acids is 1. The van der Waals surface area contributed by atoms with E-state index in [2.05, 4.69) is 0 Å². The van der Waals surface area contributed by atoms with E-state index in [9.17, 15) is 21.6 Å². The second-order valence-corrected chi connectivity index (χ2v) is 10.5. The lowest BCUT2D eigenvalue weighted by Crippen LogP contribution is -2.43. The van der Waals surface area contributed by atoms with E-state index in [1.54, 1.807) is 13.0 Å². The first-order valence-corrected chi connectivity index (χ1v) is 10.2. The molecule has 0 bridgehead atoms. The molecular formula is C11H15NO6S3. The molecule has 7 nitrogen and oxygen atoms in total. The van der Waals surface area contributed by atoms with E-state index < -0.39 is 38.4 Å². The van der Waals surface area contributed by atoms with Crippen LogP contribution in [-0.4, -0.2) is 56.3 Å². The molecule has 10 heteroatoms. The molecule has 1 aromatic heterocycles. The number of hydrogen-bond donors (Lipinski definition) is 1. The third-order valence-electron chi connectivity index (χ3n) is 3.19. The highest BCUT2D eigenvalue weighted by molar-refractivity contribution is 7.92. The van der Waals surface area contributed by atoms with Crippen LogP contribution in [0.2, 0.25) is 0 Å². The normalized spacial score (nSPS) is 21.7. The van der Waals surface area contributed by atoms with Crippen LogP contribution in [0.25, 0.3) is 0 Å².